The van der Waals surface area contributed by atoms with Crippen molar-refractivity contribution in [3.8, 4) is 5.75 Å². The maximum atomic E-state index is 11.4. The summed E-state index contributed by atoms with van der Waals surface area (Å²) in [6.07, 6.45) is 0. The van der Waals surface area contributed by atoms with Gasteiger partial charge in [-0.25, -0.2) is 4.79 Å². The number of esters is 1. The Bertz CT molecular complexity index is 433. The minimum absolute atomic E-state index is 0.0123. The molecule has 92 valence electrons. The molecule has 0 fully saturated rings. The van der Waals surface area contributed by atoms with E-state index in [1.165, 1.54) is 7.11 Å². The number of nitrogens with zero attached hydrogens (tertiary/aromatic N) is 1. The highest BCUT2D eigenvalue weighted by Gasteiger charge is 2.25. The van der Waals surface area contributed by atoms with Crippen molar-refractivity contribution in [3.05, 3.63) is 23.8 Å². The maximum absolute atomic E-state index is 11.4. The molecule has 0 saturated heterocycles. The van der Waals surface area contributed by atoms with Crippen molar-refractivity contribution in [1.82, 2.24) is 0 Å². The first-order valence-electron chi connectivity index (χ1n) is 5.36. The Hall–Kier alpha value is -1.75. The quantitative estimate of drug-likeness (QED) is 0.766. The summed E-state index contributed by atoms with van der Waals surface area (Å²) in [4.78, 5) is 13.3. The van der Waals surface area contributed by atoms with Crippen LogP contribution in [-0.4, -0.2) is 44.5 Å². The number of carbonyl (C=O) groups excluding carboxylic acids is 1. The summed E-state index contributed by atoms with van der Waals surface area (Å²) >= 11 is 0. The molecule has 5 nitrogen and oxygen atoms in total. The zero-order valence-electron chi connectivity index (χ0n) is 9.84. The smallest absolute Gasteiger partial charge is 0.337 e. The van der Waals surface area contributed by atoms with Gasteiger partial charge in [-0.1, -0.05) is 0 Å². The molecule has 2 rings (SSSR count). The molecule has 0 amide bonds. The van der Waals surface area contributed by atoms with Crippen molar-refractivity contribution in [3.63, 3.8) is 0 Å². The molecule has 1 aromatic carbocycles. The third-order valence-corrected chi connectivity index (χ3v) is 2.95. The Balaban J connectivity index is 2.36. The van der Waals surface area contributed by atoms with Gasteiger partial charge in [0.2, 0.25) is 0 Å². The number of aliphatic hydroxyl groups is 1. The van der Waals surface area contributed by atoms with E-state index in [0.717, 1.165) is 5.69 Å². The molecule has 1 atom stereocenters. The highest BCUT2D eigenvalue weighted by molar-refractivity contribution is 5.91. The van der Waals surface area contributed by atoms with Crippen LogP contribution in [0.3, 0.4) is 0 Å². The molecule has 1 N–H and O–H groups in total. The number of hydrogen-bond donors (Lipinski definition) is 1. The van der Waals surface area contributed by atoms with E-state index in [1.807, 2.05) is 11.9 Å². The van der Waals surface area contributed by atoms with E-state index in [-0.39, 0.29) is 18.6 Å². The van der Waals surface area contributed by atoms with E-state index < -0.39 is 0 Å². The molecule has 0 aliphatic carbocycles. The Morgan fingerprint density at radius 1 is 1.65 bits per heavy atom. The Morgan fingerprint density at radius 3 is 3.06 bits per heavy atom. The van der Waals surface area contributed by atoms with Crippen LogP contribution in [0.4, 0.5) is 5.69 Å². The number of ether oxygens (including phenoxy) is 2. The fraction of sp³-hybridized carbons (Fsp3) is 0.417. The fourth-order valence-corrected chi connectivity index (χ4v) is 1.83. The second-order valence-corrected chi connectivity index (χ2v) is 3.93. The van der Waals surface area contributed by atoms with Crippen LogP contribution in [0.2, 0.25) is 0 Å². The van der Waals surface area contributed by atoms with Gasteiger partial charge in [0, 0.05) is 7.05 Å². The SMILES string of the molecule is COC(=O)c1ccc2c(c1)N(C)C(CO)CO2. The summed E-state index contributed by atoms with van der Waals surface area (Å²) < 4.78 is 10.2. The summed E-state index contributed by atoms with van der Waals surface area (Å²) in [6.45, 7) is 0.454. The summed E-state index contributed by atoms with van der Waals surface area (Å²) in [6, 6.07) is 5.03. The van der Waals surface area contributed by atoms with Crippen LogP contribution in [0.5, 0.6) is 5.75 Å². The normalized spacial score (nSPS) is 18.3. The molecule has 0 bridgehead atoms. The van der Waals surface area contributed by atoms with Gasteiger partial charge in [-0.05, 0) is 18.2 Å². The molecule has 0 saturated carbocycles. The molecule has 1 aromatic rings. The molecule has 0 spiro atoms. The Labute approximate surface area is 99.6 Å². The Kier molecular flexibility index (Phi) is 3.19. The van der Waals surface area contributed by atoms with Crippen molar-refractivity contribution in [2.45, 2.75) is 6.04 Å². The number of hydrogen-bond acceptors (Lipinski definition) is 5. The van der Waals surface area contributed by atoms with Crippen molar-refractivity contribution < 1.29 is 19.4 Å². The molecule has 1 aliphatic rings. The highest BCUT2D eigenvalue weighted by atomic mass is 16.5. The van der Waals surface area contributed by atoms with Gasteiger partial charge in [0.25, 0.3) is 0 Å². The lowest BCUT2D eigenvalue weighted by atomic mass is 10.1. The van der Waals surface area contributed by atoms with Gasteiger partial charge in [0.05, 0.1) is 31.0 Å². The van der Waals surface area contributed by atoms with Gasteiger partial charge in [-0.2, -0.15) is 0 Å². The monoisotopic (exact) mass is 237 g/mol. The van der Waals surface area contributed by atoms with Crippen LogP contribution in [0, 0.1) is 0 Å². The van der Waals surface area contributed by atoms with Gasteiger partial charge >= 0.3 is 5.97 Å². The first kappa shape index (κ1) is 11.7. The van der Waals surface area contributed by atoms with Crippen molar-refractivity contribution in [2.24, 2.45) is 0 Å². The minimum atomic E-state index is -0.382. The molecule has 1 heterocycles. The predicted molar refractivity (Wildman–Crippen MR) is 62.6 cm³/mol. The van der Waals surface area contributed by atoms with Crippen LogP contribution in [0.25, 0.3) is 0 Å². The van der Waals surface area contributed by atoms with Crippen LogP contribution in [-0.2, 0) is 4.74 Å². The molecule has 1 aliphatic heterocycles. The summed E-state index contributed by atoms with van der Waals surface area (Å²) in [5.74, 6) is 0.331. The first-order valence-corrected chi connectivity index (χ1v) is 5.36. The van der Waals surface area contributed by atoms with Gasteiger partial charge in [-0.3, -0.25) is 0 Å². The van der Waals surface area contributed by atoms with E-state index in [1.54, 1.807) is 18.2 Å². The number of benzene rings is 1. The number of fused-ring (bicyclic) bond motifs is 1. The second kappa shape index (κ2) is 4.63. The van der Waals surface area contributed by atoms with Gasteiger partial charge < -0.3 is 19.5 Å². The van der Waals surface area contributed by atoms with Crippen molar-refractivity contribution >= 4 is 11.7 Å². The standard InChI is InChI=1S/C12H15NO4/c1-13-9(6-14)7-17-11-4-3-8(5-10(11)13)12(15)16-2/h3-5,9,14H,6-7H2,1-2H3. The van der Waals surface area contributed by atoms with Crippen molar-refractivity contribution in [2.75, 3.05) is 32.3 Å². The van der Waals surface area contributed by atoms with Crippen LogP contribution in [0.1, 0.15) is 10.4 Å². The van der Waals surface area contributed by atoms with E-state index >= 15 is 0 Å². The zero-order valence-corrected chi connectivity index (χ0v) is 9.84. The molecule has 1 unspecified atom stereocenters. The Morgan fingerprint density at radius 2 is 2.41 bits per heavy atom. The predicted octanol–water partition coefficient (Wildman–Crippen LogP) is 0.663. The van der Waals surface area contributed by atoms with Crippen LogP contribution < -0.4 is 9.64 Å². The minimum Gasteiger partial charge on any atom is -0.489 e. The lowest BCUT2D eigenvalue weighted by Gasteiger charge is -2.34. The largest absolute Gasteiger partial charge is 0.489 e. The topological polar surface area (TPSA) is 59.0 Å². The van der Waals surface area contributed by atoms with Gasteiger partial charge in [0.15, 0.2) is 0 Å². The molecule has 0 radical (unpaired) electrons. The molecule has 5 heteroatoms. The van der Waals surface area contributed by atoms with Crippen LogP contribution >= 0.6 is 0 Å². The fourth-order valence-electron chi connectivity index (χ4n) is 1.83. The molecule has 0 aromatic heterocycles. The highest BCUT2D eigenvalue weighted by Crippen LogP contribution is 2.33. The third kappa shape index (κ3) is 2.06. The lowest BCUT2D eigenvalue weighted by molar-refractivity contribution is 0.0600. The average molecular weight is 237 g/mol. The summed E-state index contributed by atoms with van der Waals surface area (Å²) in [7, 11) is 3.21. The second-order valence-electron chi connectivity index (χ2n) is 3.93. The molecule has 17 heavy (non-hydrogen) atoms. The first-order chi connectivity index (χ1) is 8.17. The van der Waals surface area contributed by atoms with E-state index in [0.29, 0.717) is 17.9 Å². The third-order valence-electron chi connectivity index (χ3n) is 2.95. The van der Waals surface area contributed by atoms with E-state index in [4.69, 9.17) is 4.74 Å². The number of rotatable bonds is 2. The van der Waals surface area contributed by atoms with Crippen LogP contribution in [0.15, 0.2) is 18.2 Å². The number of methoxy groups -OCH3 is 1. The van der Waals surface area contributed by atoms with E-state index in [2.05, 4.69) is 4.74 Å². The lowest BCUT2D eigenvalue weighted by Crippen LogP contribution is -2.42. The summed E-state index contributed by atoms with van der Waals surface area (Å²) in [5, 5.41) is 9.20. The molecular formula is C12H15NO4. The number of likely N-dealkylation sites (N-methyl/N-ethyl adjacent to an activating group) is 1. The number of aliphatic hydroxyl groups excluding tert-OH is 1. The summed E-state index contributed by atoms with van der Waals surface area (Å²) in [5.41, 5.74) is 1.26. The van der Waals surface area contributed by atoms with Crippen molar-refractivity contribution in [1.29, 1.82) is 0 Å². The van der Waals surface area contributed by atoms with E-state index in [9.17, 15) is 9.90 Å². The molecular weight excluding hydrogens is 222 g/mol. The zero-order chi connectivity index (χ0) is 12.4. The van der Waals surface area contributed by atoms with Gasteiger partial charge in [-0.15, -0.1) is 0 Å². The van der Waals surface area contributed by atoms with Gasteiger partial charge in [0.1, 0.15) is 12.4 Å². The number of carbonyl (C=O) groups is 1. The number of anilines is 1. The maximum Gasteiger partial charge on any atom is 0.337 e. The average Bonchev–Trinajstić information content (AvgIpc) is 2.38.